The van der Waals surface area contributed by atoms with Gasteiger partial charge in [0.1, 0.15) is 6.61 Å². The number of rotatable bonds is 39. The monoisotopic (exact) mass is 755 g/mol. The van der Waals surface area contributed by atoms with E-state index in [1.54, 1.807) is 0 Å². The zero-order valence-corrected chi connectivity index (χ0v) is 34.4. The minimum absolute atomic E-state index is 0.207. The molecular weight excluding hydrogens is 675 g/mol. The van der Waals surface area contributed by atoms with Crippen molar-refractivity contribution in [3.8, 4) is 0 Å². The number of allylic oxidation sites excluding steroid dienone is 6. The Balaban J connectivity index is 3.90. The van der Waals surface area contributed by atoms with Crippen LogP contribution in [0.4, 0.5) is 0 Å². The molecule has 0 aliphatic heterocycles. The number of carbonyl (C=O) groups excluding carboxylic acids is 2. The van der Waals surface area contributed by atoms with E-state index in [-0.39, 0.29) is 19.4 Å². The molecule has 0 rings (SSSR count). The Kier molecular flexibility index (Phi) is 37.7. The number of phosphoric ester groups is 1. The molecule has 0 saturated carbocycles. The third kappa shape index (κ3) is 41.0. The van der Waals surface area contributed by atoms with Crippen molar-refractivity contribution >= 4 is 19.8 Å². The van der Waals surface area contributed by atoms with Gasteiger partial charge >= 0.3 is 19.8 Å². The Labute approximate surface area is 319 Å². The zero-order chi connectivity index (χ0) is 38.2. The van der Waals surface area contributed by atoms with E-state index >= 15 is 0 Å². The van der Waals surface area contributed by atoms with Crippen LogP contribution < -0.4 is 0 Å². The van der Waals surface area contributed by atoms with Crippen molar-refractivity contribution in [3.05, 3.63) is 36.5 Å². The molecule has 0 unspecified atom stereocenters. The van der Waals surface area contributed by atoms with Crippen molar-refractivity contribution in [1.29, 1.82) is 0 Å². The minimum Gasteiger partial charge on any atom is -0.462 e. The van der Waals surface area contributed by atoms with E-state index in [4.69, 9.17) is 19.3 Å². The standard InChI is InChI=1S/C43H79O8P/c1-3-5-7-9-11-13-15-17-19-20-21-22-24-26-28-30-32-34-36-38-43(45)51-41(40-50-52(46,47)48)39-49-42(44)37-35-33-31-29-27-25-23-18-16-14-12-10-8-6-4-2/h10-13,17,19,41H,3-9,14-16,18,20-40H2,1-2H3,(H2,46,47,48)/b12-10+,13-11+,19-17+/t41-/m1/s1. The van der Waals surface area contributed by atoms with Gasteiger partial charge in [-0.3, -0.25) is 14.1 Å². The van der Waals surface area contributed by atoms with Crippen LogP contribution in [-0.4, -0.2) is 41.0 Å². The molecule has 0 bridgehead atoms. The molecular formula is C43H79O8P. The Morgan fingerprint density at radius 2 is 0.885 bits per heavy atom. The molecule has 0 heterocycles. The van der Waals surface area contributed by atoms with E-state index in [9.17, 15) is 14.2 Å². The fourth-order valence-corrected chi connectivity index (χ4v) is 6.27. The summed E-state index contributed by atoms with van der Waals surface area (Å²) in [4.78, 5) is 42.9. The predicted molar refractivity (Wildman–Crippen MR) is 216 cm³/mol. The van der Waals surface area contributed by atoms with E-state index in [0.717, 1.165) is 51.4 Å². The first-order valence-electron chi connectivity index (χ1n) is 21.3. The van der Waals surface area contributed by atoms with Crippen molar-refractivity contribution in [2.45, 2.75) is 213 Å². The molecule has 9 heteroatoms. The maximum absolute atomic E-state index is 12.4. The molecule has 0 radical (unpaired) electrons. The normalized spacial score (nSPS) is 12.8. The third-order valence-electron chi connectivity index (χ3n) is 9.13. The molecule has 0 aromatic rings. The fraction of sp³-hybridized carbons (Fsp3) is 0.814. The van der Waals surface area contributed by atoms with Crippen LogP contribution >= 0.6 is 7.82 Å². The SMILES string of the molecule is CCCC/C=C/CCCCCCCCCCCC(=O)OC[C@H](COP(=O)(O)O)OC(=O)CCCCCCCCCCC/C=C/C/C=C/CCCCC. The average Bonchev–Trinajstić information content (AvgIpc) is 3.11. The molecule has 52 heavy (non-hydrogen) atoms. The molecule has 0 aliphatic carbocycles. The van der Waals surface area contributed by atoms with Gasteiger partial charge in [-0.1, -0.05) is 166 Å². The van der Waals surface area contributed by atoms with Gasteiger partial charge in [-0.2, -0.15) is 0 Å². The second-order valence-electron chi connectivity index (χ2n) is 14.3. The smallest absolute Gasteiger partial charge is 0.462 e. The Bertz CT molecular complexity index is 941. The molecule has 0 aliphatic rings. The molecule has 0 amide bonds. The van der Waals surface area contributed by atoms with Crippen LogP contribution in [0.3, 0.4) is 0 Å². The second kappa shape index (κ2) is 39.0. The number of esters is 2. The molecule has 8 nitrogen and oxygen atoms in total. The third-order valence-corrected chi connectivity index (χ3v) is 9.62. The maximum atomic E-state index is 12.4. The summed E-state index contributed by atoms with van der Waals surface area (Å²) in [5, 5.41) is 0. The number of phosphoric acid groups is 1. The first-order valence-corrected chi connectivity index (χ1v) is 22.8. The van der Waals surface area contributed by atoms with E-state index in [2.05, 4.69) is 54.8 Å². The number of ether oxygens (including phenoxy) is 2. The van der Waals surface area contributed by atoms with E-state index in [1.807, 2.05) is 0 Å². The zero-order valence-electron chi connectivity index (χ0n) is 33.5. The molecule has 0 aromatic carbocycles. The number of unbranched alkanes of at least 4 members (excludes halogenated alkanes) is 23. The van der Waals surface area contributed by atoms with Gasteiger partial charge in [0.05, 0.1) is 6.61 Å². The summed E-state index contributed by atoms with van der Waals surface area (Å²) in [6.45, 7) is 3.64. The van der Waals surface area contributed by atoms with Crippen LogP contribution in [-0.2, 0) is 28.2 Å². The highest BCUT2D eigenvalue weighted by Crippen LogP contribution is 2.36. The van der Waals surface area contributed by atoms with Crippen molar-refractivity contribution in [2.75, 3.05) is 13.2 Å². The summed E-state index contributed by atoms with van der Waals surface area (Å²) in [5.41, 5.74) is 0. The predicted octanol–water partition coefficient (Wildman–Crippen LogP) is 13.0. The van der Waals surface area contributed by atoms with Gasteiger partial charge in [-0.25, -0.2) is 4.57 Å². The molecule has 0 saturated heterocycles. The first-order chi connectivity index (χ1) is 25.3. The summed E-state index contributed by atoms with van der Waals surface area (Å²) >= 11 is 0. The lowest BCUT2D eigenvalue weighted by molar-refractivity contribution is -0.161. The molecule has 304 valence electrons. The highest BCUT2D eigenvalue weighted by atomic mass is 31.2. The second-order valence-corrected chi connectivity index (χ2v) is 15.5. The highest BCUT2D eigenvalue weighted by molar-refractivity contribution is 7.46. The molecule has 2 N–H and O–H groups in total. The number of carbonyl (C=O) groups is 2. The van der Waals surface area contributed by atoms with Gasteiger partial charge in [0.2, 0.25) is 0 Å². The van der Waals surface area contributed by atoms with Crippen LogP contribution in [0.25, 0.3) is 0 Å². The Hall–Kier alpha value is -1.73. The lowest BCUT2D eigenvalue weighted by Crippen LogP contribution is -2.29. The van der Waals surface area contributed by atoms with Crippen molar-refractivity contribution in [2.24, 2.45) is 0 Å². The Morgan fingerprint density at radius 3 is 1.35 bits per heavy atom. The van der Waals surface area contributed by atoms with E-state index < -0.39 is 32.5 Å². The minimum atomic E-state index is -4.75. The molecule has 0 fully saturated rings. The Morgan fingerprint density at radius 1 is 0.500 bits per heavy atom. The topological polar surface area (TPSA) is 119 Å². The van der Waals surface area contributed by atoms with Crippen molar-refractivity contribution in [3.63, 3.8) is 0 Å². The maximum Gasteiger partial charge on any atom is 0.469 e. The van der Waals surface area contributed by atoms with Crippen LogP contribution in [0.2, 0.25) is 0 Å². The van der Waals surface area contributed by atoms with Gasteiger partial charge in [0, 0.05) is 12.8 Å². The highest BCUT2D eigenvalue weighted by Gasteiger charge is 2.22. The summed E-state index contributed by atoms with van der Waals surface area (Å²) < 4.78 is 26.4. The van der Waals surface area contributed by atoms with Crippen molar-refractivity contribution in [1.82, 2.24) is 0 Å². The molecule has 0 aromatic heterocycles. The first kappa shape index (κ1) is 50.3. The fourth-order valence-electron chi connectivity index (χ4n) is 5.91. The van der Waals surface area contributed by atoms with Crippen LogP contribution in [0.1, 0.15) is 206 Å². The summed E-state index contributed by atoms with van der Waals surface area (Å²) in [6, 6.07) is 0. The molecule has 1 atom stereocenters. The quantitative estimate of drug-likeness (QED) is 0.0275. The van der Waals surface area contributed by atoms with Gasteiger partial charge in [-0.05, 0) is 64.2 Å². The van der Waals surface area contributed by atoms with Crippen LogP contribution in [0.5, 0.6) is 0 Å². The number of hydrogen-bond donors (Lipinski definition) is 2. The van der Waals surface area contributed by atoms with Crippen LogP contribution in [0.15, 0.2) is 36.5 Å². The van der Waals surface area contributed by atoms with Crippen molar-refractivity contribution < 1.29 is 37.9 Å². The van der Waals surface area contributed by atoms with Gasteiger partial charge in [-0.15, -0.1) is 0 Å². The largest absolute Gasteiger partial charge is 0.469 e. The lowest BCUT2D eigenvalue weighted by Gasteiger charge is -2.18. The average molecular weight is 755 g/mol. The van der Waals surface area contributed by atoms with Gasteiger partial charge in [0.15, 0.2) is 6.10 Å². The molecule has 0 spiro atoms. The van der Waals surface area contributed by atoms with E-state index in [1.165, 1.54) is 122 Å². The van der Waals surface area contributed by atoms with E-state index in [0.29, 0.717) is 6.42 Å². The lowest BCUT2D eigenvalue weighted by atomic mass is 10.1. The van der Waals surface area contributed by atoms with Crippen LogP contribution in [0, 0.1) is 0 Å². The number of hydrogen-bond acceptors (Lipinski definition) is 6. The summed E-state index contributed by atoms with van der Waals surface area (Å²) in [6.07, 6.45) is 45.7. The van der Waals surface area contributed by atoms with Gasteiger partial charge in [0.25, 0.3) is 0 Å². The van der Waals surface area contributed by atoms with Gasteiger partial charge < -0.3 is 19.3 Å². The summed E-state index contributed by atoms with van der Waals surface area (Å²) in [5.74, 6) is -0.888. The summed E-state index contributed by atoms with van der Waals surface area (Å²) in [7, 11) is -4.75.